The summed E-state index contributed by atoms with van der Waals surface area (Å²) >= 11 is 0. The highest BCUT2D eigenvalue weighted by Crippen LogP contribution is 2.28. The number of ether oxygens (including phenoxy) is 1. The number of benzene rings is 3. The van der Waals surface area contributed by atoms with Gasteiger partial charge in [-0.2, -0.15) is 0 Å². The molecule has 5 rings (SSSR count). The van der Waals surface area contributed by atoms with Crippen LogP contribution in [0.5, 0.6) is 0 Å². The monoisotopic (exact) mass is 556 g/mol. The van der Waals surface area contributed by atoms with E-state index in [-0.39, 0.29) is 40.1 Å². The Morgan fingerprint density at radius 2 is 1.78 bits per heavy atom. The van der Waals surface area contributed by atoms with Gasteiger partial charge in [-0.3, -0.25) is 9.59 Å². The van der Waals surface area contributed by atoms with E-state index in [1.807, 2.05) is 6.07 Å². The third-order valence-electron chi connectivity index (χ3n) is 6.72. The maximum atomic E-state index is 15.0. The molecule has 1 aliphatic heterocycles. The molecule has 4 aromatic rings. The molecule has 3 N–H and O–H groups in total. The van der Waals surface area contributed by atoms with E-state index >= 15 is 0 Å². The second kappa shape index (κ2) is 12.0. The lowest BCUT2D eigenvalue weighted by Gasteiger charge is -2.17. The lowest BCUT2D eigenvalue weighted by molar-refractivity contribution is 0.0596. The number of amides is 2. The van der Waals surface area contributed by atoms with Crippen LogP contribution in [0.2, 0.25) is 0 Å². The Balaban J connectivity index is 1.25. The highest BCUT2D eigenvalue weighted by Gasteiger charge is 2.20. The fourth-order valence-electron chi connectivity index (χ4n) is 4.60. The Labute approximate surface area is 234 Å². The van der Waals surface area contributed by atoms with E-state index in [4.69, 9.17) is 0 Å². The van der Waals surface area contributed by atoms with Crippen molar-refractivity contribution >= 4 is 29.3 Å². The van der Waals surface area contributed by atoms with Gasteiger partial charge in [0.15, 0.2) is 0 Å². The first-order chi connectivity index (χ1) is 19.8. The Morgan fingerprint density at radius 1 is 0.951 bits per heavy atom. The van der Waals surface area contributed by atoms with E-state index < -0.39 is 29.4 Å². The molecule has 1 aromatic heterocycles. The van der Waals surface area contributed by atoms with E-state index in [9.17, 15) is 23.2 Å². The number of rotatable bonds is 7. The molecule has 0 saturated heterocycles. The number of carbonyl (C=O) groups excluding carboxylic acids is 3. The van der Waals surface area contributed by atoms with Crippen LogP contribution in [0.15, 0.2) is 72.8 Å². The number of methoxy groups -OCH3 is 1. The summed E-state index contributed by atoms with van der Waals surface area (Å²) < 4.78 is 33.9. The molecule has 0 saturated carbocycles. The van der Waals surface area contributed by atoms with Crippen LogP contribution in [0, 0.1) is 11.6 Å². The van der Waals surface area contributed by atoms with Crippen LogP contribution in [0.1, 0.15) is 48.8 Å². The van der Waals surface area contributed by atoms with Gasteiger partial charge in [0.25, 0.3) is 11.8 Å². The second-order valence-electron chi connectivity index (χ2n) is 9.41. The average Bonchev–Trinajstić information content (AvgIpc) is 2.99. The number of halogens is 2. The fourth-order valence-corrected chi connectivity index (χ4v) is 4.60. The van der Waals surface area contributed by atoms with E-state index in [1.165, 1.54) is 36.4 Å². The molecule has 3 aromatic carbocycles. The molecule has 41 heavy (non-hydrogen) atoms. The van der Waals surface area contributed by atoms with E-state index in [0.29, 0.717) is 11.5 Å². The number of hydrogen-bond donors (Lipinski definition) is 3. The summed E-state index contributed by atoms with van der Waals surface area (Å²) in [4.78, 5) is 42.1. The van der Waals surface area contributed by atoms with Crippen molar-refractivity contribution in [1.82, 2.24) is 10.3 Å². The smallest absolute Gasteiger partial charge is 0.341 e. The van der Waals surface area contributed by atoms with Gasteiger partial charge >= 0.3 is 5.97 Å². The first-order valence-electron chi connectivity index (χ1n) is 12.9. The average molecular weight is 557 g/mol. The molecule has 208 valence electrons. The highest BCUT2D eigenvalue weighted by molar-refractivity contribution is 6.04. The number of fused-ring (bicyclic) bond motifs is 1. The van der Waals surface area contributed by atoms with Crippen molar-refractivity contribution < 1.29 is 27.9 Å². The molecular formula is C31H26F2N4O4. The van der Waals surface area contributed by atoms with Crippen molar-refractivity contribution in [3.63, 3.8) is 0 Å². The molecule has 0 spiro atoms. The number of aromatic nitrogens is 1. The molecule has 0 bridgehead atoms. The zero-order valence-corrected chi connectivity index (χ0v) is 22.1. The molecule has 0 fully saturated rings. The maximum absolute atomic E-state index is 15.0. The molecule has 2 amide bonds. The van der Waals surface area contributed by atoms with Gasteiger partial charge < -0.3 is 20.7 Å². The second-order valence-corrected chi connectivity index (χ2v) is 9.41. The standard InChI is InChI=1S/C31H26F2N4O4/c1-41-31(40)27-23(8-3-9-24(27)32)19-10-11-21(25(33)16-19)17-35-29(38)20-5-2-7-22(15-20)36-30(39)26-13-12-18-6-4-14-34-28(18)37-26/h2-3,5,7-13,15-16H,4,6,14,17H2,1H3,(H,34,37)(H,35,38)(H,36,39). The molecule has 10 heteroatoms. The van der Waals surface area contributed by atoms with Crippen molar-refractivity contribution in [2.75, 3.05) is 24.3 Å². The van der Waals surface area contributed by atoms with Gasteiger partial charge in [-0.25, -0.2) is 18.6 Å². The fraction of sp³-hybridized carbons (Fsp3) is 0.161. The van der Waals surface area contributed by atoms with Crippen LogP contribution in [-0.4, -0.2) is 36.4 Å². The van der Waals surface area contributed by atoms with Gasteiger partial charge in [0.05, 0.1) is 7.11 Å². The molecule has 0 atom stereocenters. The van der Waals surface area contributed by atoms with Crippen LogP contribution in [0.4, 0.5) is 20.3 Å². The van der Waals surface area contributed by atoms with Crippen LogP contribution >= 0.6 is 0 Å². The van der Waals surface area contributed by atoms with E-state index in [1.54, 1.807) is 24.3 Å². The van der Waals surface area contributed by atoms with E-state index in [2.05, 4.69) is 25.7 Å². The molecular weight excluding hydrogens is 530 g/mol. The summed E-state index contributed by atoms with van der Waals surface area (Å²) in [6, 6.07) is 18.1. The minimum Gasteiger partial charge on any atom is -0.465 e. The number of nitrogens with zero attached hydrogens (tertiary/aromatic N) is 1. The number of hydrogen-bond acceptors (Lipinski definition) is 6. The number of carbonyl (C=O) groups is 3. The summed E-state index contributed by atoms with van der Waals surface area (Å²) in [7, 11) is 1.14. The van der Waals surface area contributed by atoms with Gasteiger partial charge in [0, 0.05) is 29.9 Å². The van der Waals surface area contributed by atoms with Gasteiger partial charge in [-0.05, 0) is 65.9 Å². The van der Waals surface area contributed by atoms with Crippen LogP contribution in [-0.2, 0) is 17.7 Å². The van der Waals surface area contributed by atoms with Crippen molar-refractivity contribution in [2.45, 2.75) is 19.4 Å². The predicted octanol–water partition coefficient (Wildman–Crippen LogP) is 5.35. The molecule has 1 aliphatic rings. The topological polar surface area (TPSA) is 109 Å². The Hall–Kier alpha value is -5.12. The Bertz CT molecular complexity index is 1660. The molecule has 8 nitrogen and oxygen atoms in total. The number of anilines is 2. The van der Waals surface area contributed by atoms with Crippen molar-refractivity contribution in [3.8, 4) is 11.1 Å². The number of nitrogens with one attached hydrogen (secondary N) is 3. The largest absolute Gasteiger partial charge is 0.465 e. The zero-order chi connectivity index (χ0) is 28.9. The number of pyridine rings is 1. The molecule has 2 heterocycles. The van der Waals surface area contributed by atoms with Gasteiger partial charge in [-0.1, -0.05) is 36.4 Å². The predicted molar refractivity (Wildman–Crippen MR) is 150 cm³/mol. The lowest BCUT2D eigenvalue weighted by atomic mass is 9.98. The Morgan fingerprint density at radius 3 is 2.59 bits per heavy atom. The number of aryl methyl sites for hydroxylation is 1. The van der Waals surface area contributed by atoms with Gasteiger partial charge in [-0.15, -0.1) is 0 Å². The highest BCUT2D eigenvalue weighted by atomic mass is 19.1. The van der Waals surface area contributed by atoms with Crippen LogP contribution in [0.3, 0.4) is 0 Å². The third-order valence-corrected chi connectivity index (χ3v) is 6.72. The van der Waals surface area contributed by atoms with Gasteiger partial charge in [0.2, 0.25) is 0 Å². The SMILES string of the molecule is COC(=O)c1c(F)cccc1-c1ccc(CNC(=O)c2cccc(NC(=O)c3ccc4c(n3)NCCC4)c2)c(F)c1. The summed E-state index contributed by atoms with van der Waals surface area (Å²) in [6.07, 6.45) is 1.92. The quantitative estimate of drug-likeness (QED) is 0.265. The first-order valence-corrected chi connectivity index (χ1v) is 12.9. The lowest BCUT2D eigenvalue weighted by Crippen LogP contribution is -2.23. The molecule has 0 unspecified atom stereocenters. The minimum absolute atomic E-state index is 0.124. The maximum Gasteiger partial charge on any atom is 0.341 e. The van der Waals surface area contributed by atoms with Crippen molar-refractivity contribution in [1.29, 1.82) is 0 Å². The summed E-state index contributed by atoms with van der Waals surface area (Å²) in [6.45, 7) is 0.681. The third kappa shape index (κ3) is 6.06. The first kappa shape index (κ1) is 27.4. The van der Waals surface area contributed by atoms with Crippen LogP contribution < -0.4 is 16.0 Å². The van der Waals surface area contributed by atoms with Crippen molar-refractivity contribution in [2.24, 2.45) is 0 Å². The van der Waals surface area contributed by atoms with E-state index in [0.717, 1.165) is 38.1 Å². The minimum atomic E-state index is -0.871. The Kier molecular flexibility index (Phi) is 8.00. The molecule has 0 aliphatic carbocycles. The van der Waals surface area contributed by atoms with Crippen LogP contribution in [0.25, 0.3) is 11.1 Å². The summed E-state index contributed by atoms with van der Waals surface area (Å²) in [5, 5.41) is 8.62. The van der Waals surface area contributed by atoms with Gasteiger partial charge in [0.1, 0.15) is 28.7 Å². The molecule has 0 radical (unpaired) electrons. The zero-order valence-electron chi connectivity index (χ0n) is 22.1. The summed E-state index contributed by atoms with van der Waals surface area (Å²) in [5.41, 5.74) is 2.36. The summed E-state index contributed by atoms with van der Waals surface area (Å²) in [5.74, 6) is -2.47. The number of esters is 1. The normalized spacial score (nSPS) is 12.1. The van der Waals surface area contributed by atoms with Crippen molar-refractivity contribution in [3.05, 3.63) is 112 Å².